The van der Waals surface area contributed by atoms with Crippen molar-refractivity contribution in [3.63, 3.8) is 0 Å². The minimum Gasteiger partial charge on any atom is -0.402 e. The Hall–Kier alpha value is -2.88. The van der Waals surface area contributed by atoms with E-state index >= 15 is 0 Å². The van der Waals surface area contributed by atoms with Gasteiger partial charge in [-0.1, -0.05) is 47.6 Å². The van der Waals surface area contributed by atoms with Gasteiger partial charge in [-0.25, -0.2) is 0 Å². The maximum absolute atomic E-state index is 6.51. The second-order valence-electron chi connectivity index (χ2n) is 11.0. The van der Waals surface area contributed by atoms with Crippen molar-refractivity contribution in [2.24, 2.45) is 5.73 Å². The summed E-state index contributed by atoms with van der Waals surface area (Å²) in [6.45, 7) is 6.39. The fourth-order valence-electron chi connectivity index (χ4n) is 6.23. The zero-order valence-corrected chi connectivity index (χ0v) is 22.3. The van der Waals surface area contributed by atoms with Crippen LogP contribution < -0.4 is 21.7 Å². The number of hydrogen-bond donors (Lipinski definition) is 4. The van der Waals surface area contributed by atoms with Gasteiger partial charge in [0.25, 0.3) is 0 Å². The number of allylic oxidation sites excluding steroid dienone is 11. The van der Waals surface area contributed by atoms with Crippen LogP contribution in [0.2, 0.25) is 0 Å². The molecule has 5 aliphatic rings. The predicted octanol–water partition coefficient (Wildman–Crippen LogP) is 6.46. The van der Waals surface area contributed by atoms with Gasteiger partial charge in [0.1, 0.15) is 0 Å². The fraction of sp³-hybridized carbons (Fsp3) is 0.500. The molecule has 5 N–H and O–H groups in total. The molecule has 0 bridgehead atoms. The highest BCUT2D eigenvalue weighted by molar-refractivity contribution is 5.54. The van der Waals surface area contributed by atoms with Crippen molar-refractivity contribution in [2.45, 2.75) is 90.5 Å². The van der Waals surface area contributed by atoms with Gasteiger partial charge < -0.3 is 21.7 Å². The van der Waals surface area contributed by atoms with Crippen LogP contribution in [0.3, 0.4) is 0 Å². The molecule has 0 aromatic carbocycles. The van der Waals surface area contributed by atoms with Crippen LogP contribution in [-0.2, 0) is 0 Å². The Labute approximate surface area is 217 Å². The molecule has 4 heteroatoms. The average molecular weight is 485 g/mol. The summed E-state index contributed by atoms with van der Waals surface area (Å²) in [5, 5.41) is 11.5. The van der Waals surface area contributed by atoms with E-state index in [9.17, 15) is 0 Å². The predicted molar refractivity (Wildman–Crippen MR) is 152 cm³/mol. The van der Waals surface area contributed by atoms with Crippen molar-refractivity contribution in [2.75, 3.05) is 13.1 Å². The number of unbranched alkanes of at least 4 members (excludes halogenated alkanes) is 1. The zero-order valence-electron chi connectivity index (χ0n) is 22.3. The number of nitrogens with one attached hydrogen (secondary N) is 3. The van der Waals surface area contributed by atoms with Crippen LogP contribution in [0.1, 0.15) is 84.5 Å². The number of hydrogen-bond acceptors (Lipinski definition) is 4. The first kappa shape index (κ1) is 24.8. The highest BCUT2D eigenvalue weighted by atomic mass is 15.0. The number of fused-ring (bicyclic) bond motifs is 1. The third kappa shape index (κ3) is 5.58. The van der Waals surface area contributed by atoms with Gasteiger partial charge in [0.05, 0.1) is 6.04 Å². The van der Waals surface area contributed by atoms with E-state index in [0.717, 1.165) is 50.9 Å². The molecule has 0 radical (unpaired) electrons. The summed E-state index contributed by atoms with van der Waals surface area (Å²) in [5.41, 5.74) is 20.2. The van der Waals surface area contributed by atoms with E-state index in [1.807, 2.05) is 0 Å². The molecule has 1 heterocycles. The van der Waals surface area contributed by atoms with E-state index < -0.39 is 0 Å². The Morgan fingerprint density at radius 3 is 2.58 bits per heavy atom. The van der Waals surface area contributed by atoms with E-state index in [1.165, 1.54) is 89.1 Å². The van der Waals surface area contributed by atoms with Crippen molar-refractivity contribution >= 4 is 0 Å². The minimum absolute atomic E-state index is 0.319. The van der Waals surface area contributed by atoms with E-state index in [-0.39, 0.29) is 0 Å². The van der Waals surface area contributed by atoms with Crippen molar-refractivity contribution in [3.05, 3.63) is 92.7 Å². The van der Waals surface area contributed by atoms with Gasteiger partial charge in [-0.15, -0.1) is 0 Å². The summed E-state index contributed by atoms with van der Waals surface area (Å²) in [6.07, 6.45) is 26.6. The van der Waals surface area contributed by atoms with Gasteiger partial charge in [-0.2, -0.15) is 0 Å². The maximum Gasteiger partial charge on any atom is 0.0718 e. The molecule has 4 aliphatic carbocycles. The van der Waals surface area contributed by atoms with Crippen molar-refractivity contribution in [1.29, 1.82) is 0 Å². The highest BCUT2D eigenvalue weighted by Gasteiger charge is 2.28. The molecule has 0 amide bonds. The number of nitrogens with two attached hydrogens (primary N) is 1. The van der Waals surface area contributed by atoms with Gasteiger partial charge in [0.2, 0.25) is 0 Å². The Morgan fingerprint density at radius 2 is 1.72 bits per heavy atom. The Kier molecular flexibility index (Phi) is 7.89. The Morgan fingerprint density at radius 1 is 0.944 bits per heavy atom. The smallest absolute Gasteiger partial charge is 0.0718 e. The largest absolute Gasteiger partial charge is 0.402 e. The number of dihydropyridines is 1. The fourth-order valence-corrected chi connectivity index (χ4v) is 6.23. The first-order chi connectivity index (χ1) is 17.6. The van der Waals surface area contributed by atoms with Crippen molar-refractivity contribution < 1.29 is 0 Å². The molecule has 1 unspecified atom stereocenters. The topological polar surface area (TPSA) is 62.1 Å². The molecule has 0 aromatic rings. The molecule has 1 atom stereocenters. The molecule has 0 fully saturated rings. The van der Waals surface area contributed by atoms with Crippen molar-refractivity contribution in [1.82, 2.24) is 16.0 Å². The van der Waals surface area contributed by atoms with Crippen LogP contribution in [0.25, 0.3) is 0 Å². The van der Waals surface area contributed by atoms with E-state index in [2.05, 4.69) is 66.3 Å². The maximum atomic E-state index is 6.51. The summed E-state index contributed by atoms with van der Waals surface area (Å²) < 4.78 is 0. The van der Waals surface area contributed by atoms with Crippen LogP contribution in [0, 0.1) is 0 Å². The molecule has 0 spiro atoms. The van der Waals surface area contributed by atoms with Gasteiger partial charge in [0.15, 0.2) is 0 Å². The normalized spacial score (nSPS) is 25.1. The highest BCUT2D eigenvalue weighted by Crippen LogP contribution is 2.36. The summed E-state index contributed by atoms with van der Waals surface area (Å²) in [4.78, 5) is 0. The third-order valence-corrected chi connectivity index (χ3v) is 8.12. The second-order valence-corrected chi connectivity index (χ2v) is 11.0. The van der Waals surface area contributed by atoms with Crippen molar-refractivity contribution in [3.8, 4) is 0 Å². The molecule has 0 saturated carbocycles. The van der Waals surface area contributed by atoms with Gasteiger partial charge in [0, 0.05) is 41.5 Å². The third-order valence-electron chi connectivity index (χ3n) is 8.12. The lowest BCUT2D eigenvalue weighted by Crippen LogP contribution is -2.39. The van der Waals surface area contributed by atoms with Gasteiger partial charge in [-0.05, 0) is 101 Å². The summed E-state index contributed by atoms with van der Waals surface area (Å²) in [6, 6.07) is 0.319. The van der Waals surface area contributed by atoms with Crippen LogP contribution in [-0.4, -0.2) is 19.1 Å². The SMILES string of the molecule is CC1=CC2=C(NCCCCN/C(C3=C(N)CCCC3)=C3\C=C(C)C=CC3)C3=C(CCCC3)NC2C=C1. The molecule has 192 valence electrons. The Balaban J connectivity index is 1.21. The molecule has 4 nitrogen and oxygen atoms in total. The minimum atomic E-state index is 0.319. The molecule has 5 rings (SSSR count). The lowest BCUT2D eigenvalue weighted by molar-refractivity contribution is 0.565. The second kappa shape index (κ2) is 11.5. The Bertz CT molecular complexity index is 1110. The van der Waals surface area contributed by atoms with Crippen LogP contribution in [0.4, 0.5) is 0 Å². The first-order valence-electron chi connectivity index (χ1n) is 14.2. The lowest BCUT2D eigenvalue weighted by Gasteiger charge is -2.36. The monoisotopic (exact) mass is 484 g/mol. The first-order valence-corrected chi connectivity index (χ1v) is 14.2. The standard InChI is InChI=1S/C32H44N4/c1-22-10-9-11-24(20-22)31(25-12-3-5-14-28(25)33)34-18-7-8-19-35-32-26-13-4-6-15-29(26)36-30-17-16-23(2)21-27(30)32/h9-10,16-17,20-21,30,34-36H,3-8,11-15,18-19,33H2,1-2H3/b31-24-. The molecule has 1 aliphatic heterocycles. The molecular weight excluding hydrogens is 440 g/mol. The molecule has 0 saturated heterocycles. The molecular formula is C32H44N4. The molecule has 36 heavy (non-hydrogen) atoms. The lowest BCUT2D eigenvalue weighted by atomic mass is 9.84. The van der Waals surface area contributed by atoms with E-state index in [1.54, 1.807) is 0 Å². The summed E-state index contributed by atoms with van der Waals surface area (Å²) in [7, 11) is 0. The van der Waals surface area contributed by atoms with Gasteiger partial charge >= 0.3 is 0 Å². The van der Waals surface area contributed by atoms with Crippen LogP contribution in [0.15, 0.2) is 92.7 Å². The quantitative estimate of drug-likeness (QED) is 0.299. The molecule has 0 aromatic heterocycles. The van der Waals surface area contributed by atoms with Gasteiger partial charge in [-0.3, -0.25) is 0 Å². The van der Waals surface area contributed by atoms with E-state index in [0.29, 0.717) is 6.04 Å². The number of rotatable bonds is 8. The van der Waals surface area contributed by atoms with E-state index in [4.69, 9.17) is 5.73 Å². The average Bonchev–Trinajstić information content (AvgIpc) is 2.88. The zero-order chi connectivity index (χ0) is 24.9. The van der Waals surface area contributed by atoms with Crippen LogP contribution >= 0.6 is 0 Å². The summed E-state index contributed by atoms with van der Waals surface area (Å²) >= 11 is 0. The van der Waals surface area contributed by atoms with Crippen LogP contribution in [0.5, 0.6) is 0 Å². The summed E-state index contributed by atoms with van der Waals surface area (Å²) in [5.74, 6) is 0.